The molecule has 0 amide bonds. The molecule has 0 aliphatic carbocycles. The predicted molar refractivity (Wildman–Crippen MR) is 84.3 cm³/mol. The van der Waals surface area contributed by atoms with Crippen LogP contribution >= 0.6 is 11.6 Å². The molecule has 0 saturated heterocycles. The molecule has 1 N–H and O–H groups in total. The Hall–Kier alpha value is -1.71. The first kappa shape index (κ1) is 15.7. The monoisotopic (exact) mass is 306 g/mol. The van der Waals surface area contributed by atoms with E-state index in [1.165, 1.54) is 0 Å². The molecule has 2 aromatic rings. The van der Waals surface area contributed by atoms with Crippen molar-refractivity contribution in [2.75, 3.05) is 14.2 Å². The summed E-state index contributed by atoms with van der Waals surface area (Å²) in [5.74, 6) is 1.32. The van der Waals surface area contributed by atoms with Crippen LogP contribution < -0.4 is 9.47 Å². The van der Waals surface area contributed by atoms with Gasteiger partial charge in [-0.25, -0.2) is 0 Å². The Morgan fingerprint density at radius 3 is 2.38 bits per heavy atom. The van der Waals surface area contributed by atoms with Gasteiger partial charge in [0.25, 0.3) is 0 Å². The van der Waals surface area contributed by atoms with Crippen LogP contribution in [-0.2, 0) is 12.0 Å². The SMILES string of the molecule is COc1ccc(CC(C)(O)c2cccc(Cl)c2)cc1OC. The lowest BCUT2D eigenvalue weighted by molar-refractivity contribution is 0.0576. The fourth-order valence-corrected chi connectivity index (χ4v) is 2.50. The van der Waals surface area contributed by atoms with Gasteiger partial charge in [0, 0.05) is 11.4 Å². The van der Waals surface area contributed by atoms with Crippen molar-refractivity contribution >= 4 is 11.6 Å². The molecule has 112 valence electrons. The molecule has 0 aliphatic heterocycles. The van der Waals surface area contributed by atoms with Gasteiger partial charge in [-0.1, -0.05) is 29.8 Å². The van der Waals surface area contributed by atoms with Gasteiger partial charge in [-0.2, -0.15) is 0 Å². The molecule has 21 heavy (non-hydrogen) atoms. The zero-order valence-corrected chi connectivity index (χ0v) is 13.1. The Bertz CT molecular complexity index is 623. The van der Waals surface area contributed by atoms with Gasteiger partial charge in [-0.05, 0) is 42.3 Å². The molecule has 4 heteroatoms. The van der Waals surface area contributed by atoms with Crippen molar-refractivity contribution in [1.82, 2.24) is 0 Å². The molecule has 3 nitrogen and oxygen atoms in total. The summed E-state index contributed by atoms with van der Waals surface area (Å²) in [6, 6.07) is 12.9. The number of hydrogen-bond acceptors (Lipinski definition) is 3. The molecule has 0 aliphatic rings. The first-order valence-corrected chi connectivity index (χ1v) is 7.03. The Balaban J connectivity index is 2.28. The summed E-state index contributed by atoms with van der Waals surface area (Å²) in [6.07, 6.45) is 0.452. The van der Waals surface area contributed by atoms with Gasteiger partial charge >= 0.3 is 0 Å². The van der Waals surface area contributed by atoms with E-state index in [1.807, 2.05) is 30.3 Å². The zero-order chi connectivity index (χ0) is 15.5. The smallest absolute Gasteiger partial charge is 0.160 e. The van der Waals surface area contributed by atoms with E-state index < -0.39 is 5.60 Å². The molecular weight excluding hydrogens is 288 g/mol. The number of rotatable bonds is 5. The average molecular weight is 307 g/mol. The lowest BCUT2D eigenvalue weighted by Crippen LogP contribution is -2.24. The molecule has 0 bridgehead atoms. The van der Waals surface area contributed by atoms with Crippen molar-refractivity contribution in [3.05, 3.63) is 58.6 Å². The van der Waals surface area contributed by atoms with Crippen LogP contribution in [-0.4, -0.2) is 19.3 Å². The third-order valence-corrected chi connectivity index (χ3v) is 3.68. The summed E-state index contributed by atoms with van der Waals surface area (Å²) >= 11 is 5.99. The second kappa shape index (κ2) is 6.37. The number of aliphatic hydroxyl groups is 1. The van der Waals surface area contributed by atoms with Gasteiger partial charge in [0.15, 0.2) is 11.5 Å². The first-order chi connectivity index (χ1) is 9.96. The van der Waals surface area contributed by atoms with E-state index in [2.05, 4.69) is 0 Å². The van der Waals surface area contributed by atoms with Gasteiger partial charge in [0.1, 0.15) is 0 Å². The highest BCUT2D eigenvalue weighted by atomic mass is 35.5. The number of benzene rings is 2. The molecule has 0 saturated carbocycles. The molecule has 1 atom stereocenters. The number of methoxy groups -OCH3 is 2. The standard InChI is InChI=1S/C17H19ClO3/c1-17(19,13-5-4-6-14(18)10-13)11-12-7-8-15(20-2)16(9-12)21-3/h4-10,19H,11H2,1-3H3. The highest BCUT2D eigenvalue weighted by Gasteiger charge is 2.24. The minimum Gasteiger partial charge on any atom is -0.493 e. The van der Waals surface area contributed by atoms with Crippen LogP contribution in [0.15, 0.2) is 42.5 Å². The maximum absolute atomic E-state index is 10.7. The maximum Gasteiger partial charge on any atom is 0.160 e. The summed E-state index contributed by atoms with van der Waals surface area (Å²) in [6.45, 7) is 1.77. The third kappa shape index (κ3) is 3.69. The van der Waals surface area contributed by atoms with Crippen molar-refractivity contribution in [3.63, 3.8) is 0 Å². The summed E-state index contributed by atoms with van der Waals surface area (Å²) in [7, 11) is 3.19. The third-order valence-electron chi connectivity index (χ3n) is 3.44. The minimum absolute atomic E-state index is 0.452. The molecule has 0 fully saturated rings. The van der Waals surface area contributed by atoms with Crippen LogP contribution in [0.4, 0.5) is 0 Å². The van der Waals surface area contributed by atoms with E-state index in [4.69, 9.17) is 21.1 Å². The van der Waals surface area contributed by atoms with Gasteiger partial charge < -0.3 is 14.6 Å². The second-order valence-electron chi connectivity index (χ2n) is 5.15. The second-order valence-corrected chi connectivity index (χ2v) is 5.59. The van der Waals surface area contributed by atoms with E-state index >= 15 is 0 Å². The van der Waals surface area contributed by atoms with Gasteiger partial charge in [-0.15, -0.1) is 0 Å². The van der Waals surface area contributed by atoms with Crippen LogP contribution in [0.5, 0.6) is 11.5 Å². The Morgan fingerprint density at radius 2 is 1.76 bits per heavy atom. The topological polar surface area (TPSA) is 38.7 Å². The summed E-state index contributed by atoms with van der Waals surface area (Å²) in [4.78, 5) is 0. The van der Waals surface area contributed by atoms with E-state index in [0.29, 0.717) is 22.9 Å². The van der Waals surface area contributed by atoms with E-state index in [0.717, 1.165) is 11.1 Å². The van der Waals surface area contributed by atoms with Gasteiger partial charge in [-0.3, -0.25) is 0 Å². The minimum atomic E-state index is -1.01. The molecule has 0 heterocycles. The van der Waals surface area contributed by atoms with Crippen molar-refractivity contribution in [2.24, 2.45) is 0 Å². The van der Waals surface area contributed by atoms with Crippen molar-refractivity contribution in [3.8, 4) is 11.5 Å². The average Bonchev–Trinajstić information content (AvgIpc) is 2.46. The van der Waals surface area contributed by atoms with Crippen LogP contribution in [0, 0.1) is 0 Å². The van der Waals surface area contributed by atoms with E-state index in [9.17, 15) is 5.11 Å². The lowest BCUT2D eigenvalue weighted by atomic mass is 9.89. The molecule has 1 unspecified atom stereocenters. The highest BCUT2D eigenvalue weighted by Crippen LogP contribution is 2.32. The lowest BCUT2D eigenvalue weighted by Gasteiger charge is -2.24. The normalized spacial score (nSPS) is 13.6. The van der Waals surface area contributed by atoms with Crippen LogP contribution in [0.25, 0.3) is 0 Å². The van der Waals surface area contributed by atoms with Crippen LogP contribution in [0.3, 0.4) is 0 Å². The van der Waals surface area contributed by atoms with Crippen LogP contribution in [0.2, 0.25) is 5.02 Å². The quantitative estimate of drug-likeness (QED) is 0.913. The molecule has 2 rings (SSSR count). The number of ether oxygens (including phenoxy) is 2. The van der Waals surface area contributed by atoms with E-state index in [-0.39, 0.29) is 0 Å². The highest BCUT2D eigenvalue weighted by molar-refractivity contribution is 6.30. The van der Waals surface area contributed by atoms with Crippen molar-refractivity contribution in [1.29, 1.82) is 0 Å². The fraction of sp³-hybridized carbons (Fsp3) is 0.294. The molecule has 0 spiro atoms. The van der Waals surface area contributed by atoms with Crippen molar-refractivity contribution < 1.29 is 14.6 Å². The number of halogens is 1. The predicted octanol–water partition coefficient (Wildman–Crippen LogP) is 3.81. The first-order valence-electron chi connectivity index (χ1n) is 6.65. The van der Waals surface area contributed by atoms with Crippen LogP contribution in [0.1, 0.15) is 18.1 Å². The molecule has 0 aromatic heterocycles. The van der Waals surface area contributed by atoms with Crippen molar-refractivity contribution in [2.45, 2.75) is 18.9 Å². The Morgan fingerprint density at radius 1 is 1.05 bits per heavy atom. The summed E-state index contributed by atoms with van der Waals surface area (Å²) in [5.41, 5.74) is 0.729. The molecule has 0 radical (unpaired) electrons. The molecule has 2 aromatic carbocycles. The zero-order valence-electron chi connectivity index (χ0n) is 12.4. The van der Waals surface area contributed by atoms with Gasteiger partial charge in [0.05, 0.1) is 19.8 Å². The van der Waals surface area contributed by atoms with E-state index in [1.54, 1.807) is 33.3 Å². The summed E-state index contributed by atoms with van der Waals surface area (Å²) < 4.78 is 10.5. The maximum atomic E-state index is 10.7. The Kier molecular flexibility index (Phi) is 4.76. The summed E-state index contributed by atoms with van der Waals surface area (Å²) in [5, 5.41) is 11.3. The molecular formula is C17H19ClO3. The Labute approximate surface area is 130 Å². The largest absolute Gasteiger partial charge is 0.493 e. The number of hydrogen-bond donors (Lipinski definition) is 1. The fourth-order valence-electron chi connectivity index (χ4n) is 2.31. The van der Waals surface area contributed by atoms with Gasteiger partial charge in [0.2, 0.25) is 0 Å².